The maximum atomic E-state index is 5.18. The van der Waals surface area contributed by atoms with Gasteiger partial charge in [0.05, 0.1) is 11.1 Å². The van der Waals surface area contributed by atoms with Crippen LogP contribution in [0.3, 0.4) is 0 Å². The van der Waals surface area contributed by atoms with Gasteiger partial charge in [0.2, 0.25) is 5.95 Å². The van der Waals surface area contributed by atoms with Gasteiger partial charge in [0.1, 0.15) is 5.82 Å². The summed E-state index contributed by atoms with van der Waals surface area (Å²) in [4.78, 5) is 8.02. The summed E-state index contributed by atoms with van der Waals surface area (Å²) in [5, 5.41) is 3.07. The summed E-state index contributed by atoms with van der Waals surface area (Å²) >= 11 is 3.31. The summed E-state index contributed by atoms with van der Waals surface area (Å²) < 4.78 is 5.68. The predicted octanol–water partition coefficient (Wildman–Crippen LogP) is 0.583. The molecule has 0 aliphatic carbocycles. The Kier molecular flexibility index (Phi) is 4.57. The fraction of sp³-hybridized carbons (Fsp3) is 0.429. The van der Waals surface area contributed by atoms with E-state index in [9.17, 15) is 0 Å². The molecule has 78 valence electrons. The third kappa shape index (κ3) is 3.09. The number of ether oxygens (including phenoxy) is 1. The third-order valence-corrected chi connectivity index (χ3v) is 2.05. The maximum Gasteiger partial charge on any atom is 0.239 e. The van der Waals surface area contributed by atoms with Crippen molar-refractivity contribution in [1.82, 2.24) is 9.97 Å². The van der Waals surface area contributed by atoms with E-state index in [1.165, 1.54) is 0 Å². The summed E-state index contributed by atoms with van der Waals surface area (Å²) in [5.41, 5.74) is 2.37. The van der Waals surface area contributed by atoms with E-state index in [-0.39, 0.29) is 0 Å². The van der Waals surface area contributed by atoms with Crippen LogP contribution >= 0.6 is 15.9 Å². The van der Waals surface area contributed by atoms with E-state index in [1.54, 1.807) is 13.3 Å². The minimum absolute atomic E-state index is 0.369. The smallest absolute Gasteiger partial charge is 0.239 e. The summed E-state index contributed by atoms with van der Waals surface area (Å²) in [6.45, 7) is 1.29. The third-order valence-electron chi connectivity index (χ3n) is 1.47. The molecule has 14 heavy (non-hydrogen) atoms. The van der Waals surface area contributed by atoms with E-state index in [0.29, 0.717) is 24.9 Å². The maximum absolute atomic E-state index is 5.18. The Labute approximate surface area is 90.4 Å². The van der Waals surface area contributed by atoms with Crippen LogP contribution in [-0.4, -0.2) is 30.2 Å². The first-order valence-corrected chi connectivity index (χ1v) is 4.79. The van der Waals surface area contributed by atoms with Crippen molar-refractivity contribution in [3.63, 3.8) is 0 Å². The molecule has 1 heterocycles. The van der Waals surface area contributed by atoms with Crippen LogP contribution < -0.4 is 16.6 Å². The zero-order chi connectivity index (χ0) is 10.4. The number of nitrogens with zero attached hydrogens (tertiary/aromatic N) is 2. The molecule has 0 saturated carbocycles. The highest BCUT2D eigenvalue weighted by atomic mass is 79.9. The lowest BCUT2D eigenvalue weighted by Gasteiger charge is -2.07. The van der Waals surface area contributed by atoms with E-state index < -0.39 is 0 Å². The van der Waals surface area contributed by atoms with Crippen molar-refractivity contribution >= 4 is 27.7 Å². The summed E-state index contributed by atoms with van der Waals surface area (Å²) in [5.74, 6) is 6.23. The number of rotatable bonds is 5. The molecule has 0 aromatic carbocycles. The lowest BCUT2D eigenvalue weighted by atomic mass is 10.5. The van der Waals surface area contributed by atoms with Crippen LogP contribution in [0.2, 0.25) is 0 Å². The van der Waals surface area contributed by atoms with Crippen LogP contribution in [0, 0.1) is 0 Å². The van der Waals surface area contributed by atoms with Crippen LogP contribution in [0.4, 0.5) is 11.8 Å². The molecule has 1 rings (SSSR count). The number of hydrazine groups is 1. The summed E-state index contributed by atoms with van der Waals surface area (Å²) in [6, 6.07) is 0. The Hall–Kier alpha value is -0.920. The van der Waals surface area contributed by atoms with E-state index >= 15 is 0 Å². The van der Waals surface area contributed by atoms with Gasteiger partial charge in [-0.25, -0.2) is 10.8 Å². The Morgan fingerprint density at radius 3 is 3.07 bits per heavy atom. The van der Waals surface area contributed by atoms with Gasteiger partial charge in [0.15, 0.2) is 0 Å². The largest absolute Gasteiger partial charge is 0.383 e. The molecule has 0 atom stereocenters. The summed E-state index contributed by atoms with van der Waals surface area (Å²) in [7, 11) is 1.64. The highest BCUT2D eigenvalue weighted by Gasteiger charge is 2.02. The molecule has 0 saturated heterocycles. The number of nitrogen functional groups attached to an aromatic ring is 1. The van der Waals surface area contributed by atoms with Gasteiger partial charge in [-0.15, -0.1) is 0 Å². The van der Waals surface area contributed by atoms with Crippen molar-refractivity contribution in [2.45, 2.75) is 0 Å². The number of nitrogens with one attached hydrogen (secondary N) is 2. The lowest BCUT2D eigenvalue weighted by Crippen LogP contribution is -2.14. The lowest BCUT2D eigenvalue weighted by molar-refractivity contribution is 0.210. The normalized spacial score (nSPS) is 9.93. The van der Waals surface area contributed by atoms with Gasteiger partial charge >= 0.3 is 0 Å². The zero-order valence-corrected chi connectivity index (χ0v) is 9.34. The van der Waals surface area contributed by atoms with E-state index in [0.717, 1.165) is 4.47 Å². The van der Waals surface area contributed by atoms with Gasteiger partial charge < -0.3 is 10.1 Å². The zero-order valence-electron chi connectivity index (χ0n) is 7.75. The summed E-state index contributed by atoms with van der Waals surface area (Å²) in [6.07, 6.45) is 1.62. The second-order valence-corrected chi connectivity index (χ2v) is 3.31. The van der Waals surface area contributed by atoms with Gasteiger partial charge in [-0.2, -0.15) is 4.98 Å². The monoisotopic (exact) mass is 261 g/mol. The number of methoxy groups -OCH3 is 1. The van der Waals surface area contributed by atoms with Crippen molar-refractivity contribution in [2.24, 2.45) is 5.84 Å². The van der Waals surface area contributed by atoms with Crippen LogP contribution in [0.5, 0.6) is 0 Å². The van der Waals surface area contributed by atoms with Crippen molar-refractivity contribution in [2.75, 3.05) is 31.0 Å². The van der Waals surface area contributed by atoms with Gasteiger partial charge in [-0.3, -0.25) is 5.43 Å². The van der Waals surface area contributed by atoms with Crippen molar-refractivity contribution < 1.29 is 4.74 Å². The van der Waals surface area contributed by atoms with Gasteiger partial charge in [-0.1, -0.05) is 0 Å². The second kappa shape index (κ2) is 5.74. The minimum Gasteiger partial charge on any atom is -0.383 e. The molecule has 0 bridgehead atoms. The molecular weight excluding hydrogens is 250 g/mol. The van der Waals surface area contributed by atoms with E-state index in [1.807, 2.05) is 0 Å². The first-order chi connectivity index (χ1) is 6.77. The number of halogens is 1. The Balaban J connectivity index is 2.64. The van der Waals surface area contributed by atoms with Crippen molar-refractivity contribution in [3.8, 4) is 0 Å². The fourth-order valence-electron chi connectivity index (χ4n) is 0.832. The number of aromatic nitrogens is 2. The molecule has 1 aromatic heterocycles. The van der Waals surface area contributed by atoms with Crippen molar-refractivity contribution in [3.05, 3.63) is 10.7 Å². The average Bonchev–Trinajstić information content (AvgIpc) is 2.21. The first kappa shape index (κ1) is 11.2. The molecule has 0 aliphatic heterocycles. The Bertz CT molecular complexity index is 295. The topological polar surface area (TPSA) is 85.1 Å². The van der Waals surface area contributed by atoms with Gasteiger partial charge in [0.25, 0.3) is 0 Å². The molecule has 6 nitrogen and oxygen atoms in total. The molecule has 1 aromatic rings. The predicted molar refractivity (Wildman–Crippen MR) is 57.9 cm³/mol. The number of hydrogen-bond acceptors (Lipinski definition) is 6. The first-order valence-electron chi connectivity index (χ1n) is 4.00. The molecule has 0 aliphatic rings. The molecule has 0 radical (unpaired) electrons. The number of nitrogens with two attached hydrogens (primary N) is 1. The van der Waals surface area contributed by atoms with Crippen molar-refractivity contribution in [1.29, 1.82) is 0 Å². The molecule has 0 amide bonds. The highest BCUT2D eigenvalue weighted by molar-refractivity contribution is 9.10. The molecule has 0 unspecified atom stereocenters. The van der Waals surface area contributed by atoms with Crippen LogP contribution in [0.15, 0.2) is 10.7 Å². The SMILES string of the molecule is COCCNc1nc(NN)ncc1Br. The molecule has 0 fully saturated rings. The molecule has 4 N–H and O–H groups in total. The standard InChI is InChI=1S/C7H12BrN5O/c1-14-3-2-10-6-5(8)4-11-7(12-6)13-9/h4H,2-3,9H2,1H3,(H2,10,11,12,13). The molecule has 7 heteroatoms. The molecule has 0 spiro atoms. The minimum atomic E-state index is 0.369. The average molecular weight is 262 g/mol. The van der Waals surface area contributed by atoms with Crippen LogP contribution in [0.25, 0.3) is 0 Å². The van der Waals surface area contributed by atoms with Gasteiger partial charge in [-0.05, 0) is 15.9 Å². The highest BCUT2D eigenvalue weighted by Crippen LogP contribution is 2.19. The Morgan fingerprint density at radius 2 is 2.43 bits per heavy atom. The number of hydrogen-bond donors (Lipinski definition) is 3. The quantitative estimate of drug-likeness (QED) is 0.409. The molecular formula is C7H12BrN5O. The Morgan fingerprint density at radius 1 is 1.64 bits per heavy atom. The van der Waals surface area contributed by atoms with E-state index in [4.69, 9.17) is 10.6 Å². The number of anilines is 2. The van der Waals surface area contributed by atoms with Crippen LogP contribution in [-0.2, 0) is 4.74 Å². The van der Waals surface area contributed by atoms with Crippen LogP contribution in [0.1, 0.15) is 0 Å². The fourth-order valence-corrected chi connectivity index (χ4v) is 1.16. The van der Waals surface area contributed by atoms with Gasteiger partial charge in [0, 0.05) is 19.9 Å². The second-order valence-electron chi connectivity index (χ2n) is 2.45. The van der Waals surface area contributed by atoms with E-state index in [2.05, 4.69) is 36.6 Å².